The Hall–Kier alpha value is -3.26. The highest BCUT2D eigenvalue weighted by Gasteiger charge is 2.34. The summed E-state index contributed by atoms with van der Waals surface area (Å²) in [7, 11) is 0. The molecule has 1 aliphatic heterocycles. The summed E-state index contributed by atoms with van der Waals surface area (Å²) in [5.74, 6) is -0.700. The lowest BCUT2D eigenvalue weighted by molar-refractivity contribution is -0.135. The van der Waals surface area contributed by atoms with E-state index in [4.69, 9.17) is 4.74 Å². The lowest BCUT2D eigenvalue weighted by atomic mass is 10.00. The molecule has 190 valence electrons. The smallest absolute Gasteiger partial charge is 0.254 e. The van der Waals surface area contributed by atoms with Crippen molar-refractivity contribution in [2.24, 2.45) is 5.92 Å². The van der Waals surface area contributed by atoms with Crippen LogP contribution < -0.4 is 4.74 Å². The third-order valence-electron chi connectivity index (χ3n) is 6.55. The largest absolute Gasteiger partial charge is 0.491 e. The number of benzene rings is 2. The van der Waals surface area contributed by atoms with Gasteiger partial charge < -0.3 is 14.5 Å². The lowest BCUT2D eigenvalue weighted by Gasteiger charge is -2.37. The zero-order chi connectivity index (χ0) is 25.7. The molecule has 4 rings (SSSR count). The summed E-state index contributed by atoms with van der Waals surface area (Å²) in [4.78, 5) is 31.4. The van der Waals surface area contributed by atoms with Crippen molar-refractivity contribution in [3.63, 3.8) is 0 Å². The van der Waals surface area contributed by atoms with Gasteiger partial charge in [0.2, 0.25) is 5.91 Å². The monoisotopic (exact) mass is 512 g/mol. The summed E-state index contributed by atoms with van der Waals surface area (Å²) < 4.78 is 32.9. The van der Waals surface area contributed by atoms with Crippen LogP contribution in [0.25, 0.3) is 0 Å². The highest BCUT2D eigenvalue weighted by molar-refractivity contribution is 7.10. The summed E-state index contributed by atoms with van der Waals surface area (Å²) >= 11 is 1.65. The van der Waals surface area contributed by atoms with Crippen molar-refractivity contribution in [2.45, 2.75) is 32.7 Å². The van der Waals surface area contributed by atoms with E-state index in [9.17, 15) is 18.4 Å². The number of ether oxygens (including phenoxy) is 1. The first-order valence-electron chi connectivity index (χ1n) is 12.1. The predicted molar refractivity (Wildman–Crippen MR) is 136 cm³/mol. The van der Waals surface area contributed by atoms with E-state index in [1.807, 2.05) is 25.3 Å². The summed E-state index contributed by atoms with van der Waals surface area (Å²) in [6.45, 7) is 5.08. The van der Waals surface area contributed by atoms with Crippen LogP contribution in [0.3, 0.4) is 0 Å². The van der Waals surface area contributed by atoms with Gasteiger partial charge in [0.05, 0.1) is 6.04 Å². The Balaban J connectivity index is 1.54. The Labute approximate surface area is 214 Å². The number of carbonyl (C=O) groups is 2. The van der Waals surface area contributed by atoms with Gasteiger partial charge in [-0.05, 0) is 65.7 Å². The first-order valence-corrected chi connectivity index (χ1v) is 13.0. The molecule has 8 heteroatoms. The SMILES string of the molecule is CCC(C)CN(CC(=O)N1CCc2sccc2C1COc1cccc(F)c1)C(=O)c1ccc(F)cc1. The van der Waals surface area contributed by atoms with Crippen molar-refractivity contribution in [3.05, 3.63) is 87.6 Å². The van der Waals surface area contributed by atoms with Gasteiger partial charge in [-0.3, -0.25) is 9.59 Å². The molecule has 0 fully saturated rings. The first-order chi connectivity index (χ1) is 17.4. The molecule has 1 aliphatic rings. The second-order valence-corrected chi connectivity index (χ2v) is 10.1. The van der Waals surface area contributed by atoms with Crippen LogP contribution in [-0.2, 0) is 11.2 Å². The summed E-state index contributed by atoms with van der Waals surface area (Å²) in [5.41, 5.74) is 1.37. The van der Waals surface area contributed by atoms with Gasteiger partial charge in [0, 0.05) is 29.6 Å². The van der Waals surface area contributed by atoms with Gasteiger partial charge in [0.1, 0.15) is 30.5 Å². The van der Waals surface area contributed by atoms with Crippen LogP contribution in [-0.4, -0.2) is 47.9 Å². The van der Waals surface area contributed by atoms with Crippen molar-refractivity contribution >= 4 is 23.2 Å². The van der Waals surface area contributed by atoms with E-state index >= 15 is 0 Å². The second kappa shape index (κ2) is 11.6. The average Bonchev–Trinajstić information content (AvgIpc) is 3.36. The van der Waals surface area contributed by atoms with E-state index < -0.39 is 5.82 Å². The highest BCUT2D eigenvalue weighted by atomic mass is 32.1. The number of amides is 2. The molecule has 0 saturated heterocycles. The zero-order valence-corrected chi connectivity index (χ0v) is 21.3. The molecule has 5 nitrogen and oxygen atoms in total. The van der Waals surface area contributed by atoms with E-state index in [0.717, 1.165) is 18.4 Å². The van der Waals surface area contributed by atoms with E-state index in [1.165, 1.54) is 41.3 Å². The topological polar surface area (TPSA) is 49.9 Å². The summed E-state index contributed by atoms with van der Waals surface area (Å²) in [6, 6.07) is 13.0. The molecule has 0 bridgehead atoms. The predicted octanol–water partition coefficient (Wildman–Crippen LogP) is 5.72. The van der Waals surface area contributed by atoms with Gasteiger partial charge in [-0.15, -0.1) is 11.3 Å². The molecule has 0 spiro atoms. The van der Waals surface area contributed by atoms with Crippen LogP contribution in [0.1, 0.15) is 47.1 Å². The Morgan fingerprint density at radius 2 is 1.92 bits per heavy atom. The number of carbonyl (C=O) groups excluding carboxylic acids is 2. The van der Waals surface area contributed by atoms with Gasteiger partial charge >= 0.3 is 0 Å². The molecule has 2 unspecified atom stereocenters. The number of fused-ring (bicyclic) bond motifs is 1. The maximum Gasteiger partial charge on any atom is 0.254 e. The Bertz CT molecular complexity index is 1200. The number of rotatable bonds is 9. The summed E-state index contributed by atoms with van der Waals surface area (Å²) in [6.07, 6.45) is 1.58. The van der Waals surface area contributed by atoms with Crippen LogP contribution in [0.4, 0.5) is 8.78 Å². The molecule has 3 aromatic rings. The molecule has 36 heavy (non-hydrogen) atoms. The highest BCUT2D eigenvalue weighted by Crippen LogP contribution is 2.34. The quantitative estimate of drug-likeness (QED) is 0.369. The zero-order valence-electron chi connectivity index (χ0n) is 20.5. The minimum Gasteiger partial charge on any atom is -0.491 e. The van der Waals surface area contributed by atoms with Crippen LogP contribution in [0.15, 0.2) is 60.0 Å². The third kappa shape index (κ3) is 6.10. The molecule has 0 aliphatic carbocycles. The maximum atomic E-state index is 13.6. The van der Waals surface area contributed by atoms with E-state index in [-0.39, 0.29) is 42.7 Å². The fraction of sp³-hybridized carbons (Fsp3) is 0.357. The molecule has 2 amide bonds. The minimum atomic E-state index is -0.419. The molecular formula is C28H30F2N2O3S. The number of hydrogen-bond donors (Lipinski definition) is 0. The molecular weight excluding hydrogens is 482 g/mol. The van der Waals surface area contributed by atoms with Gasteiger partial charge in [0.25, 0.3) is 5.91 Å². The van der Waals surface area contributed by atoms with Crippen molar-refractivity contribution < 1.29 is 23.1 Å². The van der Waals surface area contributed by atoms with Crippen LogP contribution in [0.2, 0.25) is 0 Å². The number of hydrogen-bond acceptors (Lipinski definition) is 4. The standard InChI is InChI=1S/C28H30F2N2O3S/c1-3-19(2)16-31(28(34)20-7-9-21(29)10-8-20)17-27(33)32-13-11-26-24(12-14-36-26)25(32)18-35-23-6-4-5-22(30)15-23/h4-10,12,14-15,19,25H,3,11,13,16-18H2,1-2H3. The number of halogens is 2. The Morgan fingerprint density at radius 3 is 2.64 bits per heavy atom. The lowest BCUT2D eigenvalue weighted by Crippen LogP contribution is -2.48. The fourth-order valence-electron chi connectivity index (χ4n) is 4.36. The maximum absolute atomic E-state index is 13.6. The minimum absolute atomic E-state index is 0.0868. The van der Waals surface area contributed by atoms with E-state index in [0.29, 0.717) is 24.4 Å². The van der Waals surface area contributed by atoms with Crippen LogP contribution in [0, 0.1) is 17.6 Å². The Morgan fingerprint density at radius 1 is 1.14 bits per heavy atom. The molecule has 2 aromatic carbocycles. The number of nitrogens with zero attached hydrogens (tertiary/aromatic N) is 2. The molecule has 1 aromatic heterocycles. The van der Waals surface area contributed by atoms with Gasteiger partial charge in [-0.1, -0.05) is 26.3 Å². The van der Waals surface area contributed by atoms with Gasteiger partial charge in [0.15, 0.2) is 0 Å². The van der Waals surface area contributed by atoms with Crippen molar-refractivity contribution in [1.82, 2.24) is 9.80 Å². The molecule has 2 heterocycles. The third-order valence-corrected chi connectivity index (χ3v) is 7.55. The summed E-state index contributed by atoms with van der Waals surface area (Å²) in [5, 5.41) is 2.00. The van der Waals surface area contributed by atoms with Crippen molar-refractivity contribution in [3.8, 4) is 5.75 Å². The number of thiophene rings is 1. The van der Waals surface area contributed by atoms with Gasteiger partial charge in [-0.25, -0.2) is 8.78 Å². The fourth-order valence-corrected chi connectivity index (χ4v) is 5.29. The van der Waals surface area contributed by atoms with Crippen molar-refractivity contribution in [1.29, 1.82) is 0 Å². The first kappa shape index (κ1) is 25.8. The second-order valence-electron chi connectivity index (χ2n) is 9.13. The normalized spacial score (nSPS) is 15.8. The average molecular weight is 513 g/mol. The Kier molecular flexibility index (Phi) is 8.36. The van der Waals surface area contributed by atoms with Gasteiger partial charge in [-0.2, -0.15) is 0 Å². The molecule has 0 radical (unpaired) electrons. The van der Waals surface area contributed by atoms with Crippen molar-refractivity contribution in [2.75, 3.05) is 26.2 Å². The molecule has 0 N–H and O–H groups in total. The van der Waals surface area contributed by atoms with E-state index in [2.05, 4.69) is 0 Å². The molecule has 2 atom stereocenters. The van der Waals surface area contributed by atoms with Crippen LogP contribution >= 0.6 is 11.3 Å². The van der Waals surface area contributed by atoms with E-state index in [1.54, 1.807) is 33.3 Å². The van der Waals surface area contributed by atoms with Crippen LogP contribution in [0.5, 0.6) is 5.75 Å². The molecule has 0 saturated carbocycles.